The van der Waals surface area contributed by atoms with Crippen LogP contribution in [0.4, 0.5) is 0 Å². The number of aliphatic hydroxyl groups is 4. The van der Waals surface area contributed by atoms with Crippen LogP contribution in [0, 0.1) is 0 Å². The van der Waals surface area contributed by atoms with Gasteiger partial charge in [0.25, 0.3) is 0 Å². The SMILES string of the molecule is CC(=O)OC(C)(C)C.CC(=O)OCC(O)CN1CCCCC1.CC(=O)OCCCCN(C)C.CC(=O)OCCCN(C)C.CC(=O)OCCN(C)C.CC(=O)OCCN(CCO)CCO.CC(=O)OCCN1CCOCC1.CC(=O)OCCO.COC(C)=O. The van der Waals surface area contributed by atoms with Gasteiger partial charge < -0.3 is 87.4 Å². The highest BCUT2D eigenvalue weighted by Gasteiger charge is 2.16. The summed E-state index contributed by atoms with van der Waals surface area (Å²) in [6, 6.07) is 0. The number of piperidine rings is 1. The standard InChI is InChI=1S/C10H19NO3.C8H17NO4.C8H15NO3.C8H17NO2.C7H15NO2.C6H13NO2.C6H12O2.C4H8O3.C3H6O2/c1-9(12)14-8-10(13)7-11-5-3-2-4-6-11;1-8(12)13-7-4-9(2-5-10)3-6-11;1-8(10)12-7-4-9-2-5-11-6-3-9;1-8(10)11-7-5-4-6-9(2)3;1-7(9)10-6-4-5-8(2)3;1-6(8)9-5-4-7(2)3;1-5(7)8-6(2,3)4;1-4(6)7-3-2-5;1-3(4)5-2/h10,13H,2-8H2,1H3;10-11H,2-7H2,1H3;2-7H2,1H3;4-7H2,1-3H3;4-6H2,1-3H3;4-5H2,1-3H3;1-4H3;5H,2-3H2,1H3;1-2H3. The van der Waals surface area contributed by atoms with Crippen LogP contribution in [0.25, 0.3) is 0 Å². The Morgan fingerprint density at radius 3 is 1.17 bits per heavy atom. The molecule has 29 heteroatoms. The number of ether oxygens (including phenoxy) is 10. The fraction of sp³-hybridized carbons (Fsp3) is 0.850. The third-order valence-electron chi connectivity index (χ3n) is 10.1. The zero-order chi connectivity index (χ0) is 70.0. The number of methoxy groups -OCH3 is 1. The number of aliphatic hydroxyl groups excluding tert-OH is 4. The molecule has 1 unspecified atom stereocenters. The minimum atomic E-state index is -0.544. The Labute approximate surface area is 533 Å². The number of rotatable bonds is 28. The monoisotopic (exact) mass is 1290 g/mol. The lowest BCUT2D eigenvalue weighted by molar-refractivity contribution is -0.152. The van der Waals surface area contributed by atoms with Crippen molar-refractivity contribution in [3.8, 4) is 0 Å². The number of carbonyl (C=O) groups excluding carboxylic acids is 9. The molecule has 0 spiro atoms. The van der Waals surface area contributed by atoms with Gasteiger partial charge in [-0.05, 0) is 115 Å². The topological polar surface area (TPSA) is 346 Å². The van der Waals surface area contributed by atoms with Gasteiger partial charge in [0.2, 0.25) is 0 Å². The van der Waals surface area contributed by atoms with E-state index in [4.69, 9.17) is 48.5 Å². The lowest BCUT2D eigenvalue weighted by Gasteiger charge is -2.28. The highest BCUT2D eigenvalue weighted by molar-refractivity contribution is 5.68. The molecule has 1 atom stereocenters. The van der Waals surface area contributed by atoms with Crippen LogP contribution in [0.1, 0.15) is 122 Å². The number of esters is 9. The second-order valence-electron chi connectivity index (χ2n) is 21.2. The van der Waals surface area contributed by atoms with Gasteiger partial charge in [-0.15, -0.1) is 0 Å². The molecule has 2 aliphatic rings. The van der Waals surface area contributed by atoms with Gasteiger partial charge in [-0.3, -0.25) is 53.0 Å². The van der Waals surface area contributed by atoms with E-state index in [-0.39, 0.29) is 92.4 Å². The van der Waals surface area contributed by atoms with Crippen LogP contribution in [-0.4, -0.2) is 322 Å². The van der Waals surface area contributed by atoms with Crippen molar-refractivity contribution in [2.45, 2.75) is 133 Å². The normalized spacial score (nSPS) is 12.7. The molecule has 4 N–H and O–H groups in total. The maximum Gasteiger partial charge on any atom is 0.303 e. The van der Waals surface area contributed by atoms with Crippen molar-refractivity contribution < 1.29 is 111 Å². The van der Waals surface area contributed by atoms with Crippen molar-refractivity contribution in [2.75, 3.05) is 207 Å². The predicted molar refractivity (Wildman–Crippen MR) is 336 cm³/mol. The zero-order valence-electron chi connectivity index (χ0n) is 58.0. The Kier molecular flexibility index (Phi) is 76.9. The third kappa shape index (κ3) is 111. The summed E-state index contributed by atoms with van der Waals surface area (Å²) in [7, 11) is 13.3. The van der Waals surface area contributed by atoms with Gasteiger partial charge in [0.15, 0.2) is 0 Å². The lowest BCUT2D eigenvalue weighted by Crippen LogP contribution is -2.38. The second-order valence-corrected chi connectivity index (χ2v) is 21.2. The number of hydrogen-bond acceptors (Lipinski definition) is 29. The molecular formula is C60H122N6O23. The van der Waals surface area contributed by atoms with Gasteiger partial charge >= 0.3 is 53.7 Å². The minimum Gasteiger partial charge on any atom is -0.469 e. The van der Waals surface area contributed by atoms with Crippen LogP contribution in [0.5, 0.6) is 0 Å². The smallest absolute Gasteiger partial charge is 0.303 e. The van der Waals surface area contributed by atoms with Crippen molar-refractivity contribution in [1.29, 1.82) is 0 Å². The zero-order valence-corrected chi connectivity index (χ0v) is 58.0. The van der Waals surface area contributed by atoms with E-state index in [1.54, 1.807) is 0 Å². The molecule has 2 aliphatic heterocycles. The molecule has 0 aliphatic carbocycles. The quantitative estimate of drug-likeness (QED) is 0.0492. The number of β-amino-alcohol motifs (C(OH)–C–C–N with tert-alkyl or cyclic N) is 1. The predicted octanol–water partition coefficient (Wildman–Crippen LogP) is 1.69. The molecule has 0 amide bonds. The Morgan fingerprint density at radius 1 is 0.438 bits per heavy atom. The molecule has 29 nitrogen and oxygen atoms in total. The number of nitrogens with zero attached hydrogens (tertiary/aromatic N) is 6. The summed E-state index contributed by atoms with van der Waals surface area (Å²) in [4.78, 5) is 104. The van der Waals surface area contributed by atoms with Crippen molar-refractivity contribution in [3.63, 3.8) is 0 Å². The number of unbranched alkanes of at least 4 members (excludes halogenated alkanes) is 1. The van der Waals surface area contributed by atoms with Gasteiger partial charge in [0.05, 0.1) is 53.4 Å². The van der Waals surface area contributed by atoms with Crippen molar-refractivity contribution in [2.24, 2.45) is 0 Å². The molecule has 2 heterocycles. The van der Waals surface area contributed by atoms with E-state index < -0.39 is 6.10 Å². The van der Waals surface area contributed by atoms with Crippen molar-refractivity contribution in [3.05, 3.63) is 0 Å². The first-order valence-electron chi connectivity index (χ1n) is 29.9. The summed E-state index contributed by atoms with van der Waals surface area (Å²) in [5.41, 5.74) is -0.328. The molecule has 0 aromatic heterocycles. The largest absolute Gasteiger partial charge is 0.469 e. The van der Waals surface area contributed by atoms with Crippen LogP contribution in [0.15, 0.2) is 0 Å². The highest BCUT2D eigenvalue weighted by Crippen LogP contribution is 2.09. The van der Waals surface area contributed by atoms with E-state index in [2.05, 4.69) is 33.8 Å². The summed E-state index contributed by atoms with van der Waals surface area (Å²) >= 11 is 0. The molecule has 2 rings (SSSR count). The molecule has 89 heavy (non-hydrogen) atoms. The Bertz CT molecular complexity index is 1710. The summed E-state index contributed by atoms with van der Waals surface area (Å²) < 4.78 is 46.8. The summed E-state index contributed by atoms with van der Waals surface area (Å²) in [5.74, 6) is -2.26. The maximum atomic E-state index is 10.5. The highest BCUT2D eigenvalue weighted by atomic mass is 16.6. The minimum absolute atomic E-state index is 0.0417. The fourth-order valence-corrected chi connectivity index (χ4v) is 6.12. The number of carbonyl (C=O) groups is 9. The van der Waals surface area contributed by atoms with Crippen LogP contribution in [0.3, 0.4) is 0 Å². The molecule has 530 valence electrons. The number of hydrogen-bond donors (Lipinski definition) is 4. The molecular weight excluding hydrogens is 1170 g/mol. The van der Waals surface area contributed by atoms with Gasteiger partial charge in [-0.25, -0.2) is 0 Å². The van der Waals surface area contributed by atoms with Crippen molar-refractivity contribution in [1.82, 2.24) is 29.4 Å². The first kappa shape index (κ1) is 97.4. The van der Waals surface area contributed by atoms with Crippen LogP contribution < -0.4 is 0 Å². The molecule has 2 fully saturated rings. The Hall–Kier alpha value is -5.21. The van der Waals surface area contributed by atoms with E-state index in [1.807, 2.05) is 72.9 Å². The summed E-state index contributed by atoms with van der Waals surface area (Å²) in [5, 5.41) is 34.9. The average Bonchev–Trinajstić information content (AvgIpc) is 3.56. The molecule has 2 saturated heterocycles. The van der Waals surface area contributed by atoms with Gasteiger partial charge in [0, 0.05) is 121 Å². The second kappa shape index (κ2) is 70.3. The maximum absolute atomic E-state index is 10.5. The summed E-state index contributed by atoms with van der Waals surface area (Å²) in [6.07, 6.45) is 6.11. The van der Waals surface area contributed by atoms with E-state index in [9.17, 15) is 48.3 Å². The van der Waals surface area contributed by atoms with Crippen LogP contribution >= 0.6 is 0 Å². The number of morpholine rings is 1. The fourth-order valence-electron chi connectivity index (χ4n) is 6.12. The van der Waals surface area contributed by atoms with E-state index in [0.29, 0.717) is 59.2 Å². The van der Waals surface area contributed by atoms with E-state index in [0.717, 1.165) is 84.8 Å². The van der Waals surface area contributed by atoms with E-state index in [1.165, 1.54) is 88.7 Å². The summed E-state index contributed by atoms with van der Waals surface area (Å²) in [6.45, 7) is 31.9. The lowest BCUT2D eigenvalue weighted by atomic mass is 10.1. The van der Waals surface area contributed by atoms with Crippen LogP contribution in [0.2, 0.25) is 0 Å². The first-order valence-corrected chi connectivity index (χ1v) is 29.9. The first-order chi connectivity index (χ1) is 41.5. The van der Waals surface area contributed by atoms with E-state index >= 15 is 0 Å². The van der Waals surface area contributed by atoms with Gasteiger partial charge in [-0.2, -0.15) is 0 Å². The molecule has 0 saturated carbocycles. The van der Waals surface area contributed by atoms with Gasteiger partial charge in [-0.1, -0.05) is 6.42 Å². The van der Waals surface area contributed by atoms with Crippen molar-refractivity contribution >= 4 is 53.7 Å². The van der Waals surface area contributed by atoms with Gasteiger partial charge in [0.1, 0.15) is 44.7 Å². The molecule has 0 aromatic carbocycles. The molecule has 0 radical (unpaired) electrons. The number of likely N-dealkylation sites (tertiary alicyclic amines) is 1. The third-order valence-corrected chi connectivity index (χ3v) is 10.1. The average molecular weight is 1300 g/mol. The molecule has 0 aromatic rings. The number of likely N-dealkylation sites (N-methyl/N-ethyl adjacent to an activating group) is 1. The Morgan fingerprint density at radius 2 is 0.820 bits per heavy atom. The molecule has 0 bridgehead atoms. The van der Waals surface area contributed by atoms with Crippen LogP contribution in [-0.2, 0) is 90.5 Å². The Balaban J connectivity index is -0.000000172.